The molecule has 0 aliphatic rings. The first-order valence-electron chi connectivity index (χ1n) is 6.52. The van der Waals surface area contributed by atoms with Crippen molar-refractivity contribution in [3.63, 3.8) is 0 Å². The first-order valence-corrected chi connectivity index (χ1v) is 7.40. The van der Waals surface area contributed by atoms with Crippen molar-refractivity contribution in [1.29, 1.82) is 0 Å². The average Bonchev–Trinajstić information content (AvgIpc) is 2.70. The van der Waals surface area contributed by atoms with E-state index in [4.69, 9.17) is 10.5 Å². The van der Waals surface area contributed by atoms with Gasteiger partial charge in [0.2, 0.25) is 0 Å². The highest BCUT2D eigenvalue weighted by Crippen LogP contribution is 2.31. The lowest BCUT2D eigenvalue weighted by molar-refractivity contribution is 0.183. The van der Waals surface area contributed by atoms with Crippen molar-refractivity contribution in [2.75, 3.05) is 0 Å². The molecule has 1 aromatic carbocycles. The van der Waals surface area contributed by atoms with E-state index in [2.05, 4.69) is 50.4 Å². The molecule has 2 aromatic rings. The third-order valence-corrected chi connectivity index (χ3v) is 4.18. The van der Waals surface area contributed by atoms with E-state index in [-0.39, 0.29) is 12.1 Å². The van der Waals surface area contributed by atoms with Gasteiger partial charge in [0.25, 0.3) is 0 Å². The lowest BCUT2D eigenvalue weighted by Crippen LogP contribution is -2.28. The van der Waals surface area contributed by atoms with Gasteiger partial charge in [0.1, 0.15) is 11.9 Å². The molecule has 0 bridgehead atoms. The van der Waals surface area contributed by atoms with Crippen LogP contribution < -0.4 is 10.5 Å². The van der Waals surface area contributed by atoms with Gasteiger partial charge >= 0.3 is 0 Å². The molecular formula is C16H21NOS. The van der Waals surface area contributed by atoms with E-state index in [0.29, 0.717) is 0 Å². The topological polar surface area (TPSA) is 35.2 Å². The molecule has 102 valence electrons. The predicted octanol–water partition coefficient (Wildman–Crippen LogP) is 4.14. The summed E-state index contributed by atoms with van der Waals surface area (Å²) < 4.78 is 6.15. The molecule has 0 radical (unpaired) electrons. The first-order chi connectivity index (χ1) is 8.97. The summed E-state index contributed by atoms with van der Waals surface area (Å²) in [5.41, 5.74) is 9.77. The molecule has 0 fully saturated rings. The monoisotopic (exact) mass is 275 g/mol. The van der Waals surface area contributed by atoms with Crippen LogP contribution in [0.1, 0.15) is 34.6 Å². The average molecular weight is 275 g/mol. The van der Waals surface area contributed by atoms with Gasteiger partial charge in [0, 0.05) is 10.9 Å². The van der Waals surface area contributed by atoms with Gasteiger partial charge in [0.05, 0.1) is 0 Å². The molecule has 0 aliphatic carbocycles. The van der Waals surface area contributed by atoms with Gasteiger partial charge < -0.3 is 10.5 Å². The summed E-state index contributed by atoms with van der Waals surface area (Å²) in [5, 5.41) is 2.09. The largest absolute Gasteiger partial charge is 0.483 e. The Labute approximate surface area is 119 Å². The highest BCUT2D eigenvalue weighted by atomic mass is 32.1. The van der Waals surface area contributed by atoms with Gasteiger partial charge in [-0.2, -0.15) is 0 Å². The van der Waals surface area contributed by atoms with Crippen molar-refractivity contribution >= 4 is 11.3 Å². The van der Waals surface area contributed by atoms with Crippen LogP contribution in [0.3, 0.4) is 0 Å². The summed E-state index contributed by atoms with van der Waals surface area (Å²) in [6.45, 7) is 8.26. The van der Waals surface area contributed by atoms with Crippen LogP contribution in [-0.4, -0.2) is 6.04 Å². The van der Waals surface area contributed by atoms with Crippen molar-refractivity contribution < 1.29 is 4.74 Å². The summed E-state index contributed by atoms with van der Waals surface area (Å²) >= 11 is 1.71. The van der Waals surface area contributed by atoms with E-state index in [0.717, 1.165) is 5.75 Å². The molecule has 2 unspecified atom stereocenters. The van der Waals surface area contributed by atoms with Crippen molar-refractivity contribution in [1.82, 2.24) is 0 Å². The fraction of sp³-hybridized carbons (Fsp3) is 0.375. The van der Waals surface area contributed by atoms with Gasteiger partial charge in [-0.05, 0) is 68.0 Å². The zero-order valence-electron chi connectivity index (χ0n) is 11.9. The maximum atomic E-state index is 6.15. The number of hydrogen-bond acceptors (Lipinski definition) is 3. The lowest BCUT2D eigenvalue weighted by atomic mass is 10.1. The highest BCUT2D eigenvalue weighted by molar-refractivity contribution is 7.10. The maximum absolute atomic E-state index is 6.15. The molecule has 0 saturated heterocycles. The molecule has 0 aliphatic heterocycles. The van der Waals surface area contributed by atoms with Crippen molar-refractivity contribution in [2.24, 2.45) is 5.73 Å². The molecule has 2 atom stereocenters. The zero-order valence-corrected chi connectivity index (χ0v) is 12.8. The van der Waals surface area contributed by atoms with Crippen molar-refractivity contribution in [3.8, 4) is 5.75 Å². The van der Waals surface area contributed by atoms with E-state index in [9.17, 15) is 0 Å². The van der Waals surface area contributed by atoms with E-state index >= 15 is 0 Å². The Hall–Kier alpha value is -1.32. The summed E-state index contributed by atoms with van der Waals surface area (Å²) in [7, 11) is 0. The molecule has 0 saturated carbocycles. The van der Waals surface area contributed by atoms with Crippen LogP contribution >= 0.6 is 11.3 Å². The minimum Gasteiger partial charge on any atom is -0.483 e. The Bertz CT molecular complexity index is 539. The second-order valence-corrected chi connectivity index (χ2v) is 6.14. The van der Waals surface area contributed by atoms with Gasteiger partial charge in [0.15, 0.2) is 0 Å². The van der Waals surface area contributed by atoms with Crippen molar-refractivity contribution in [2.45, 2.75) is 39.8 Å². The van der Waals surface area contributed by atoms with E-state index in [1.54, 1.807) is 11.3 Å². The van der Waals surface area contributed by atoms with Gasteiger partial charge in [-0.25, -0.2) is 0 Å². The molecular weight excluding hydrogens is 254 g/mol. The zero-order chi connectivity index (χ0) is 14.0. The molecule has 1 aromatic heterocycles. The van der Waals surface area contributed by atoms with Gasteiger partial charge in [-0.3, -0.25) is 0 Å². The standard InChI is InChI=1S/C16H21NOS/c1-10-7-11(2)9-14(8-10)18-15(13(4)17)16-12(3)5-6-19-16/h5-9,13,15H,17H2,1-4H3. The third kappa shape index (κ3) is 3.37. The highest BCUT2D eigenvalue weighted by Gasteiger charge is 2.21. The van der Waals surface area contributed by atoms with Crippen LogP contribution in [0.15, 0.2) is 29.6 Å². The predicted molar refractivity (Wildman–Crippen MR) is 82.0 cm³/mol. The SMILES string of the molecule is Cc1cc(C)cc(OC(c2sccc2C)C(C)N)c1. The van der Waals surface area contributed by atoms with Crippen LogP contribution in [-0.2, 0) is 0 Å². The number of thiophene rings is 1. The Morgan fingerprint density at radius 3 is 2.21 bits per heavy atom. The Morgan fingerprint density at radius 1 is 1.11 bits per heavy atom. The van der Waals surface area contributed by atoms with Crippen molar-refractivity contribution in [3.05, 3.63) is 51.2 Å². The Balaban J connectivity index is 2.29. The maximum Gasteiger partial charge on any atom is 0.148 e. The minimum atomic E-state index is -0.0822. The fourth-order valence-corrected chi connectivity index (χ4v) is 3.29. The number of ether oxygens (including phenoxy) is 1. The second kappa shape index (κ2) is 5.76. The Kier molecular flexibility index (Phi) is 4.27. The quantitative estimate of drug-likeness (QED) is 0.910. The molecule has 2 nitrogen and oxygen atoms in total. The van der Waals surface area contributed by atoms with E-state index in [1.165, 1.54) is 21.6 Å². The Morgan fingerprint density at radius 2 is 1.74 bits per heavy atom. The molecule has 19 heavy (non-hydrogen) atoms. The van der Waals surface area contributed by atoms with Gasteiger partial charge in [-0.15, -0.1) is 11.3 Å². The number of aryl methyl sites for hydroxylation is 3. The number of nitrogens with two attached hydrogens (primary N) is 1. The van der Waals surface area contributed by atoms with Crippen LogP contribution in [0, 0.1) is 20.8 Å². The molecule has 2 N–H and O–H groups in total. The van der Waals surface area contributed by atoms with E-state index in [1.807, 2.05) is 6.92 Å². The minimum absolute atomic E-state index is 0.0434. The number of rotatable bonds is 4. The normalized spacial score (nSPS) is 14.2. The fourth-order valence-electron chi connectivity index (χ4n) is 2.22. The third-order valence-electron chi connectivity index (χ3n) is 3.10. The number of hydrogen-bond donors (Lipinski definition) is 1. The summed E-state index contributed by atoms with van der Waals surface area (Å²) in [6, 6.07) is 8.33. The van der Waals surface area contributed by atoms with Gasteiger partial charge in [-0.1, -0.05) is 6.07 Å². The lowest BCUT2D eigenvalue weighted by Gasteiger charge is -2.23. The molecule has 0 amide bonds. The molecule has 3 heteroatoms. The number of benzene rings is 1. The van der Waals surface area contributed by atoms with Crippen LogP contribution in [0.25, 0.3) is 0 Å². The van der Waals surface area contributed by atoms with Crippen LogP contribution in [0.5, 0.6) is 5.75 Å². The first kappa shape index (κ1) is 14.1. The molecule has 2 rings (SSSR count). The van der Waals surface area contributed by atoms with Crippen LogP contribution in [0.4, 0.5) is 0 Å². The summed E-state index contributed by atoms with van der Waals surface area (Å²) in [5.74, 6) is 0.896. The molecule has 0 spiro atoms. The molecule has 1 heterocycles. The van der Waals surface area contributed by atoms with E-state index < -0.39 is 0 Å². The van der Waals surface area contributed by atoms with Crippen LogP contribution in [0.2, 0.25) is 0 Å². The smallest absolute Gasteiger partial charge is 0.148 e. The summed E-state index contributed by atoms with van der Waals surface area (Å²) in [4.78, 5) is 1.22. The second-order valence-electron chi connectivity index (χ2n) is 5.19. The summed E-state index contributed by atoms with van der Waals surface area (Å²) in [6.07, 6.45) is -0.0822.